The van der Waals surface area contributed by atoms with E-state index >= 15 is 0 Å². The molecule has 0 spiro atoms. The van der Waals surface area contributed by atoms with Gasteiger partial charge in [-0.2, -0.15) is 0 Å². The van der Waals surface area contributed by atoms with Crippen LogP contribution < -0.4 is 4.90 Å². The van der Waals surface area contributed by atoms with Crippen LogP contribution in [-0.2, 0) is 26.9 Å². The summed E-state index contributed by atoms with van der Waals surface area (Å²) in [4.78, 5) is 14.8. The van der Waals surface area contributed by atoms with Crippen LogP contribution in [0.2, 0.25) is 0 Å². The fraction of sp³-hybridized carbons (Fsp3) is 0.429. The van der Waals surface area contributed by atoms with Gasteiger partial charge < -0.3 is 19.7 Å². The lowest BCUT2D eigenvalue weighted by atomic mass is 10.1. The fourth-order valence-electron chi connectivity index (χ4n) is 3.82. The molecule has 1 saturated heterocycles. The van der Waals surface area contributed by atoms with E-state index in [4.69, 9.17) is 9.72 Å². The molecule has 0 radical (unpaired) electrons. The summed E-state index contributed by atoms with van der Waals surface area (Å²) in [6.45, 7) is 3.96. The molecule has 0 unspecified atom stereocenters. The first kappa shape index (κ1) is 20.8. The molecule has 160 valence electrons. The van der Waals surface area contributed by atoms with Crippen molar-refractivity contribution >= 4 is 26.7 Å². The maximum atomic E-state index is 12.0. The second kappa shape index (κ2) is 8.33. The number of pyridine rings is 2. The number of aliphatic hydroxyl groups excluding tert-OH is 1. The summed E-state index contributed by atoms with van der Waals surface area (Å²) < 4.78 is 29.5. The molecule has 1 aliphatic rings. The van der Waals surface area contributed by atoms with Crippen LogP contribution in [-0.4, -0.2) is 60.5 Å². The minimum absolute atomic E-state index is 0.0578. The van der Waals surface area contributed by atoms with Crippen LogP contribution in [0, 0.1) is 0 Å². The lowest BCUT2D eigenvalue weighted by Crippen LogP contribution is -2.45. The Labute approximate surface area is 175 Å². The molecule has 0 saturated carbocycles. The molecule has 3 aromatic rings. The van der Waals surface area contributed by atoms with Crippen LogP contribution in [0.25, 0.3) is 22.4 Å². The van der Waals surface area contributed by atoms with Gasteiger partial charge in [-0.15, -0.1) is 0 Å². The Morgan fingerprint density at radius 3 is 2.80 bits per heavy atom. The van der Waals surface area contributed by atoms with Crippen molar-refractivity contribution in [3.8, 4) is 11.4 Å². The van der Waals surface area contributed by atoms with E-state index in [2.05, 4.69) is 21.8 Å². The van der Waals surface area contributed by atoms with Gasteiger partial charge >= 0.3 is 0 Å². The molecule has 0 bridgehead atoms. The Morgan fingerprint density at radius 2 is 2.07 bits per heavy atom. The Kier molecular flexibility index (Phi) is 5.77. The van der Waals surface area contributed by atoms with E-state index in [0.717, 1.165) is 23.3 Å². The van der Waals surface area contributed by atoms with Crippen LogP contribution in [0.1, 0.15) is 24.6 Å². The number of morpholine rings is 1. The SMILES string of the molecule is CC[C@H]1COCCN1c1cc(CS(C)(=O)=O)cc(-c2ccc3[nH]c(CO)cc3n2)n1. The van der Waals surface area contributed by atoms with Crippen molar-refractivity contribution in [3.63, 3.8) is 0 Å². The second-order valence-electron chi connectivity index (χ2n) is 7.70. The highest BCUT2D eigenvalue weighted by atomic mass is 32.2. The molecule has 2 N–H and O–H groups in total. The van der Waals surface area contributed by atoms with E-state index in [0.29, 0.717) is 42.4 Å². The maximum Gasteiger partial charge on any atom is 0.151 e. The van der Waals surface area contributed by atoms with E-state index in [1.165, 1.54) is 6.26 Å². The first-order chi connectivity index (χ1) is 14.4. The van der Waals surface area contributed by atoms with Gasteiger partial charge in [-0.05, 0) is 42.3 Å². The van der Waals surface area contributed by atoms with Gasteiger partial charge in [0.1, 0.15) is 5.82 Å². The summed E-state index contributed by atoms with van der Waals surface area (Å²) in [5.74, 6) is 0.686. The Balaban J connectivity index is 1.80. The number of fused-ring (bicyclic) bond motifs is 1. The highest BCUT2D eigenvalue weighted by Gasteiger charge is 2.24. The quantitative estimate of drug-likeness (QED) is 0.617. The van der Waals surface area contributed by atoms with E-state index in [1.54, 1.807) is 12.1 Å². The van der Waals surface area contributed by atoms with Crippen molar-refractivity contribution in [2.75, 3.05) is 30.9 Å². The molecule has 1 aliphatic heterocycles. The van der Waals surface area contributed by atoms with Crippen LogP contribution in [0.15, 0.2) is 30.3 Å². The third-order valence-electron chi connectivity index (χ3n) is 5.26. The van der Waals surface area contributed by atoms with Crippen LogP contribution >= 0.6 is 0 Å². The van der Waals surface area contributed by atoms with Crippen LogP contribution in [0.5, 0.6) is 0 Å². The van der Waals surface area contributed by atoms with Crippen LogP contribution in [0.4, 0.5) is 5.82 Å². The first-order valence-electron chi connectivity index (χ1n) is 9.99. The summed E-state index contributed by atoms with van der Waals surface area (Å²) in [6.07, 6.45) is 2.14. The molecule has 4 rings (SSSR count). The number of hydrogen-bond acceptors (Lipinski definition) is 7. The summed E-state index contributed by atoms with van der Waals surface area (Å²) >= 11 is 0. The van der Waals surface area contributed by atoms with Crippen molar-refractivity contribution in [2.24, 2.45) is 0 Å². The van der Waals surface area contributed by atoms with E-state index in [-0.39, 0.29) is 18.4 Å². The molecular formula is C21H26N4O4S. The van der Waals surface area contributed by atoms with Crippen molar-refractivity contribution in [2.45, 2.75) is 31.7 Å². The van der Waals surface area contributed by atoms with Crippen molar-refractivity contribution in [3.05, 3.63) is 41.6 Å². The Bertz CT molecular complexity index is 1160. The fourth-order valence-corrected chi connectivity index (χ4v) is 4.59. The average Bonchev–Trinajstić information content (AvgIpc) is 3.14. The minimum Gasteiger partial charge on any atom is -0.390 e. The van der Waals surface area contributed by atoms with Crippen molar-refractivity contribution in [1.82, 2.24) is 15.0 Å². The molecule has 1 atom stereocenters. The molecule has 4 heterocycles. The van der Waals surface area contributed by atoms with Gasteiger partial charge in [-0.25, -0.2) is 18.4 Å². The zero-order valence-electron chi connectivity index (χ0n) is 17.1. The van der Waals surface area contributed by atoms with Gasteiger partial charge in [0.25, 0.3) is 0 Å². The minimum atomic E-state index is -3.20. The van der Waals surface area contributed by atoms with Gasteiger partial charge in [-0.3, -0.25) is 0 Å². The molecule has 0 aliphatic carbocycles. The summed E-state index contributed by atoms with van der Waals surface area (Å²) in [7, 11) is -3.20. The zero-order valence-corrected chi connectivity index (χ0v) is 17.9. The number of nitrogens with one attached hydrogen (secondary N) is 1. The number of anilines is 1. The molecule has 8 nitrogen and oxygen atoms in total. The van der Waals surface area contributed by atoms with Gasteiger partial charge in [0.2, 0.25) is 0 Å². The summed E-state index contributed by atoms with van der Waals surface area (Å²) in [6, 6.07) is 9.39. The third-order valence-corrected chi connectivity index (χ3v) is 6.11. The smallest absolute Gasteiger partial charge is 0.151 e. The van der Waals surface area contributed by atoms with Crippen molar-refractivity contribution < 1.29 is 18.3 Å². The molecule has 0 amide bonds. The van der Waals surface area contributed by atoms with Crippen LogP contribution in [0.3, 0.4) is 0 Å². The predicted octanol–water partition coefficient (Wildman–Crippen LogP) is 2.28. The van der Waals surface area contributed by atoms with E-state index < -0.39 is 9.84 Å². The third kappa shape index (κ3) is 4.48. The highest BCUT2D eigenvalue weighted by Crippen LogP contribution is 2.27. The number of H-pyrrole nitrogens is 1. The van der Waals surface area contributed by atoms with Gasteiger partial charge in [0.15, 0.2) is 9.84 Å². The van der Waals surface area contributed by atoms with Gasteiger partial charge in [0.05, 0.1) is 54.0 Å². The topological polar surface area (TPSA) is 108 Å². The monoisotopic (exact) mass is 430 g/mol. The molecular weight excluding hydrogens is 404 g/mol. The summed E-state index contributed by atoms with van der Waals surface area (Å²) in [5, 5.41) is 9.35. The molecule has 0 aromatic carbocycles. The Morgan fingerprint density at radius 1 is 1.23 bits per heavy atom. The molecule has 3 aromatic heterocycles. The number of aromatic nitrogens is 3. The summed E-state index contributed by atoms with van der Waals surface area (Å²) in [5.41, 5.74) is 4.21. The maximum absolute atomic E-state index is 12.0. The van der Waals surface area contributed by atoms with E-state index in [9.17, 15) is 13.5 Å². The number of nitrogens with zero attached hydrogens (tertiary/aromatic N) is 3. The number of ether oxygens (including phenoxy) is 1. The second-order valence-corrected chi connectivity index (χ2v) is 9.84. The average molecular weight is 431 g/mol. The lowest BCUT2D eigenvalue weighted by Gasteiger charge is -2.36. The number of aliphatic hydroxyl groups is 1. The Hall–Kier alpha value is -2.49. The van der Waals surface area contributed by atoms with E-state index in [1.807, 2.05) is 18.2 Å². The number of sulfone groups is 1. The van der Waals surface area contributed by atoms with Gasteiger partial charge in [0, 0.05) is 18.5 Å². The molecule has 30 heavy (non-hydrogen) atoms. The predicted molar refractivity (Wildman–Crippen MR) is 116 cm³/mol. The number of hydrogen-bond donors (Lipinski definition) is 2. The van der Waals surface area contributed by atoms with Crippen molar-refractivity contribution in [1.29, 1.82) is 0 Å². The first-order valence-corrected chi connectivity index (χ1v) is 12.1. The van der Waals surface area contributed by atoms with Gasteiger partial charge in [-0.1, -0.05) is 6.92 Å². The zero-order chi connectivity index (χ0) is 21.3. The number of rotatable bonds is 6. The molecule has 1 fully saturated rings. The largest absolute Gasteiger partial charge is 0.390 e. The standard InChI is InChI=1S/C21H26N4O4S/c1-3-16-12-29-7-6-25(16)21-9-14(13-30(2,27)28)8-19(24-21)18-5-4-17-20(23-18)10-15(11-26)22-17/h4-5,8-10,16,22,26H,3,6-7,11-13H2,1-2H3/t16-/m0/s1. The highest BCUT2D eigenvalue weighted by molar-refractivity contribution is 7.89. The number of aromatic amines is 1. The normalized spacial score (nSPS) is 17.6. The molecule has 9 heteroatoms. The lowest BCUT2D eigenvalue weighted by molar-refractivity contribution is 0.0926.